The van der Waals surface area contributed by atoms with Crippen molar-refractivity contribution in [3.63, 3.8) is 0 Å². The summed E-state index contributed by atoms with van der Waals surface area (Å²) in [6.07, 6.45) is 3.55. The number of benzene rings is 2. The van der Waals surface area contributed by atoms with Gasteiger partial charge >= 0.3 is 0 Å². The largest absolute Gasteiger partial charge is 0.493 e. The molecule has 29 heavy (non-hydrogen) atoms. The summed E-state index contributed by atoms with van der Waals surface area (Å²) in [5, 5.41) is 2.65. The Bertz CT molecular complexity index is 979. The van der Waals surface area contributed by atoms with Gasteiger partial charge in [0.2, 0.25) is 11.8 Å². The highest BCUT2D eigenvalue weighted by Crippen LogP contribution is 2.32. The van der Waals surface area contributed by atoms with Gasteiger partial charge in [-0.05, 0) is 53.6 Å². The Morgan fingerprint density at radius 3 is 2.34 bits per heavy atom. The lowest BCUT2D eigenvalue weighted by atomic mass is 10.0. The minimum atomic E-state index is -0.196. The highest BCUT2D eigenvalue weighted by molar-refractivity contribution is 6.00. The second-order valence-electron chi connectivity index (χ2n) is 6.60. The van der Waals surface area contributed by atoms with Crippen LogP contribution in [0.15, 0.2) is 42.6 Å². The Morgan fingerprint density at radius 2 is 1.72 bits per heavy atom. The van der Waals surface area contributed by atoms with Gasteiger partial charge in [0, 0.05) is 24.4 Å². The van der Waals surface area contributed by atoms with Crippen LogP contribution in [-0.4, -0.2) is 43.3 Å². The second-order valence-corrected chi connectivity index (χ2v) is 6.60. The SMILES string of the molecule is COc1cc2c(cc1OC)CC(=O)N(CC(=O)c1ccc(NC(C)=O)cc1)C=C2. The predicted octanol–water partition coefficient (Wildman–Crippen LogP) is 2.90. The van der Waals surface area contributed by atoms with E-state index in [1.165, 1.54) is 11.8 Å². The third kappa shape index (κ3) is 4.63. The number of methoxy groups -OCH3 is 2. The maximum Gasteiger partial charge on any atom is 0.231 e. The van der Waals surface area contributed by atoms with Crippen molar-refractivity contribution in [2.75, 3.05) is 26.1 Å². The van der Waals surface area contributed by atoms with Gasteiger partial charge in [0.05, 0.1) is 27.2 Å². The number of nitrogens with one attached hydrogen (secondary N) is 1. The molecule has 0 aliphatic carbocycles. The van der Waals surface area contributed by atoms with Gasteiger partial charge in [-0.3, -0.25) is 14.4 Å². The van der Waals surface area contributed by atoms with Crippen molar-refractivity contribution >= 4 is 29.4 Å². The van der Waals surface area contributed by atoms with Crippen molar-refractivity contribution in [3.8, 4) is 11.5 Å². The Kier molecular flexibility index (Phi) is 5.97. The van der Waals surface area contributed by atoms with Gasteiger partial charge in [0.15, 0.2) is 17.3 Å². The molecule has 0 aromatic heterocycles. The van der Waals surface area contributed by atoms with Gasteiger partial charge in [0.1, 0.15) is 0 Å². The van der Waals surface area contributed by atoms with E-state index in [4.69, 9.17) is 9.47 Å². The number of amides is 2. The van der Waals surface area contributed by atoms with E-state index >= 15 is 0 Å². The number of hydrogen-bond donors (Lipinski definition) is 1. The summed E-state index contributed by atoms with van der Waals surface area (Å²) < 4.78 is 10.6. The number of anilines is 1. The number of rotatable bonds is 6. The van der Waals surface area contributed by atoms with Crippen LogP contribution in [0.5, 0.6) is 11.5 Å². The van der Waals surface area contributed by atoms with Crippen molar-refractivity contribution < 1.29 is 23.9 Å². The van der Waals surface area contributed by atoms with Crippen molar-refractivity contribution in [2.45, 2.75) is 13.3 Å². The van der Waals surface area contributed by atoms with Crippen LogP contribution in [0.4, 0.5) is 5.69 Å². The van der Waals surface area contributed by atoms with E-state index in [9.17, 15) is 14.4 Å². The zero-order valence-electron chi connectivity index (χ0n) is 16.5. The average molecular weight is 394 g/mol. The number of carbonyl (C=O) groups is 3. The maximum atomic E-state index is 12.7. The molecule has 3 rings (SSSR count). The Balaban J connectivity index is 1.75. The number of carbonyl (C=O) groups excluding carboxylic acids is 3. The topological polar surface area (TPSA) is 84.9 Å². The fraction of sp³-hybridized carbons (Fsp3) is 0.227. The predicted molar refractivity (Wildman–Crippen MR) is 109 cm³/mol. The number of ether oxygens (including phenoxy) is 2. The first-order chi connectivity index (χ1) is 13.9. The zero-order valence-corrected chi connectivity index (χ0v) is 16.5. The van der Waals surface area contributed by atoms with E-state index in [1.54, 1.807) is 56.8 Å². The third-order valence-corrected chi connectivity index (χ3v) is 4.58. The Labute approximate surface area is 168 Å². The first-order valence-corrected chi connectivity index (χ1v) is 9.04. The van der Waals surface area contributed by atoms with Crippen LogP contribution in [0, 0.1) is 0 Å². The normalized spacial score (nSPS) is 12.8. The van der Waals surface area contributed by atoms with Crippen molar-refractivity contribution in [3.05, 3.63) is 59.3 Å². The number of ketones is 1. The second kappa shape index (κ2) is 8.60. The third-order valence-electron chi connectivity index (χ3n) is 4.58. The molecule has 2 aromatic carbocycles. The lowest BCUT2D eigenvalue weighted by molar-refractivity contribution is -0.127. The van der Waals surface area contributed by atoms with E-state index in [-0.39, 0.29) is 30.6 Å². The highest BCUT2D eigenvalue weighted by Gasteiger charge is 2.22. The lowest BCUT2D eigenvalue weighted by Crippen LogP contribution is -2.31. The van der Waals surface area contributed by atoms with Gasteiger partial charge in [-0.15, -0.1) is 0 Å². The fourth-order valence-electron chi connectivity index (χ4n) is 3.09. The summed E-state index contributed by atoms with van der Waals surface area (Å²) in [6, 6.07) is 10.2. The Morgan fingerprint density at radius 1 is 1.07 bits per heavy atom. The van der Waals surface area contributed by atoms with Crippen molar-refractivity contribution in [2.24, 2.45) is 0 Å². The highest BCUT2D eigenvalue weighted by atomic mass is 16.5. The van der Waals surface area contributed by atoms with Crippen molar-refractivity contribution in [1.29, 1.82) is 0 Å². The molecule has 2 aromatic rings. The molecule has 2 amide bonds. The van der Waals surface area contributed by atoms with Crippen molar-refractivity contribution in [1.82, 2.24) is 4.90 Å². The zero-order chi connectivity index (χ0) is 21.0. The molecule has 150 valence electrons. The quantitative estimate of drug-likeness (QED) is 0.762. The first-order valence-electron chi connectivity index (χ1n) is 9.04. The molecule has 0 fully saturated rings. The van der Waals surface area contributed by atoms with E-state index in [1.807, 2.05) is 6.07 Å². The summed E-state index contributed by atoms with van der Waals surface area (Å²) in [5.41, 5.74) is 2.72. The standard InChI is InChI=1S/C22H22N2O5/c1-14(25)23-18-6-4-15(5-7-18)19(26)13-24-9-8-16-10-20(28-2)21(29-3)11-17(16)12-22(24)27/h4-11H,12-13H2,1-3H3,(H,23,25). The average Bonchev–Trinajstić information content (AvgIpc) is 2.85. The van der Waals surface area contributed by atoms with Crippen LogP contribution >= 0.6 is 0 Å². The molecule has 0 radical (unpaired) electrons. The lowest BCUT2D eigenvalue weighted by Gasteiger charge is -2.16. The molecule has 0 bridgehead atoms. The van der Waals surface area contributed by atoms with Crippen LogP contribution in [0.3, 0.4) is 0 Å². The van der Waals surface area contributed by atoms with E-state index in [0.717, 1.165) is 11.1 Å². The number of Topliss-reactive ketones (excluding diaryl/α,β-unsaturated/α-hetero) is 1. The minimum Gasteiger partial charge on any atom is -0.493 e. The van der Waals surface area contributed by atoms with E-state index < -0.39 is 0 Å². The van der Waals surface area contributed by atoms with E-state index in [0.29, 0.717) is 22.7 Å². The molecule has 1 heterocycles. The summed E-state index contributed by atoms with van der Waals surface area (Å²) in [7, 11) is 3.10. The van der Waals surface area contributed by atoms with Crippen LogP contribution < -0.4 is 14.8 Å². The maximum absolute atomic E-state index is 12.7. The molecule has 7 nitrogen and oxygen atoms in total. The number of nitrogens with zero attached hydrogens (tertiary/aromatic N) is 1. The molecule has 1 aliphatic heterocycles. The number of hydrogen-bond acceptors (Lipinski definition) is 5. The molecule has 1 aliphatic rings. The van der Waals surface area contributed by atoms with Crippen LogP contribution in [0.2, 0.25) is 0 Å². The molecule has 1 N–H and O–H groups in total. The van der Waals surface area contributed by atoms with Crippen LogP contribution in [0.1, 0.15) is 28.4 Å². The molecule has 0 spiro atoms. The van der Waals surface area contributed by atoms with Gasteiger partial charge in [-0.25, -0.2) is 0 Å². The van der Waals surface area contributed by atoms with Gasteiger partial charge in [0.25, 0.3) is 0 Å². The molecule has 0 atom stereocenters. The monoisotopic (exact) mass is 394 g/mol. The van der Waals surface area contributed by atoms with Crippen LogP contribution in [0.25, 0.3) is 6.08 Å². The number of fused-ring (bicyclic) bond motifs is 1. The molecular weight excluding hydrogens is 372 g/mol. The fourth-order valence-corrected chi connectivity index (χ4v) is 3.09. The first kappa shape index (κ1) is 20.1. The Hall–Kier alpha value is -3.61. The molecule has 0 saturated carbocycles. The van der Waals surface area contributed by atoms with E-state index in [2.05, 4.69) is 5.32 Å². The molecule has 0 unspecified atom stereocenters. The van der Waals surface area contributed by atoms with Crippen LogP contribution in [-0.2, 0) is 16.0 Å². The minimum absolute atomic E-state index is 0.0723. The molecule has 7 heteroatoms. The van der Waals surface area contributed by atoms with Gasteiger partial charge < -0.3 is 19.7 Å². The summed E-state index contributed by atoms with van der Waals surface area (Å²) >= 11 is 0. The molecule has 0 saturated heterocycles. The summed E-state index contributed by atoms with van der Waals surface area (Å²) in [4.78, 5) is 37.8. The van der Waals surface area contributed by atoms with Gasteiger partial charge in [-0.1, -0.05) is 0 Å². The van der Waals surface area contributed by atoms with Gasteiger partial charge in [-0.2, -0.15) is 0 Å². The smallest absolute Gasteiger partial charge is 0.231 e. The molecular formula is C22H22N2O5. The summed E-state index contributed by atoms with van der Waals surface area (Å²) in [6.45, 7) is 1.34. The summed E-state index contributed by atoms with van der Waals surface area (Å²) in [5.74, 6) is 0.564.